The molecule has 1 amide bonds. The quantitative estimate of drug-likeness (QED) is 0.708. The maximum atomic E-state index is 12.3. The van der Waals surface area contributed by atoms with Crippen molar-refractivity contribution in [2.45, 2.75) is 0 Å². The number of nitrogens with two attached hydrogens (primary N) is 1. The molecule has 2 aromatic carbocycles. The Morgan fingerprint density at radius 1 is 1.19 bits per heavy atom. The van der Waals surface area contributed by atoms with E-state index >= 15 is 0 Å². The summed E-state index contributed by atoms with van der Waals surface area (Å²) in [6.07, 6.45) is 3.43. The van der Waals surface area contributed by atoms with E-state index in [0.717, 1.165) is 10.8 Å². The van der Waals surface area contributed by atoms with Gasteiger partial charge in [-0.2, -0.15) is 0 Å². The average Bonchev–Trinajstić information content (AvgIpc) is 2.47. The van der Waals surface area contributed by atoms with Crippen LogP contribution in [0, 0.1) is 0 Å². The number of fused-ring (bicyclic) bond motifs is 1. The predicted molar refractivity (Wildman–Crippen MR) is 85.6 cm³/mol. The van der Waals surface area contributed by atoms with Gasteiger partial charge in [-0.3, -0.25) is 9.78 Å². The number of rotatable bonds is 2. The molecule has 0 bridgehead atoms. The van der Waals surface area contributed by atoms with E-state index in [1.165, 1.54) is 0 Å². The molecule has 1 heterocycles. The molecule has 0 aliphatic carbocycles. The second kappa shape index (κ2) is 5.42. The zero-order valence-electron chi connectivity index (χ0n) is 11.0. The first kappa shape index (κ1) is 13.4. The third-order valence-electron chi connectivity index (χ3n) is 3.17. The van der Waals surface area contributed by atoms with Crippen molar-refractivity contribution in [1.29, 1.82) is 0 Å². The molecular formula is C16H12ClN3O. The van der Waals surface area contributed by atoms with Gasteiger partial charge >= 0.3 is 0 Å². The number of anilines is 2. The minimum atomic E-state index is -0.281. The van der Waals surface area contributed by atoms with Crippen molar-refractivity contribution in [3.63, 3.8) is 0 Å². The lowest BCUT2D eigenvalue weighted by molar-refractivity contribution is 0.102. The van der Waals surface area contributed by atoms with Crippen molar-refractivity contribution in [2.24, 2.45) is 0 Å². The van der Waals surface area contributed by atoms with E-state index < -0.39 is 0 Å². The standard InChI is InChI=1S/C16H12ClN3O/c17-14-8-11(18)4-5-12(14)16(21)20-15-3-1-2-10-6-7-19-9-13(10)15/h1-9H,18H2,(H,20,21). The summed E-state index contributed by atoms with van der Waals surface area (Å²) >= 11 is 6.06. The van der Waals surface area contributed by atoms with E-state index in [1.807, 2.05) is 24.3 Å². The number of carbonyl (C=O) groups excluding carboxylic acids is 1. The lowest BCUT2D eigenvalue weighted by Crippen LogP contribution is -2.13. The summed E-state index contributed by atoms with van der Waals surface area (Å²) in [6.45, 7) is 0. The van der Waals surface area contributed by atoms with Crippen molar-refractivity contribution in [1.82, 2.24) is 4.98 Å². The van der Waals surface area contributed by atoms with Crippen molar-refractivity contribution >= 4 is 39.7 Å². The number of aromatic nitrogens is 1. The molecule has 104 valence electrons. The highest BCUT2D eigenvalue weighted by Crippen LogP contribution is 2.24. The molecule has 4 nitrogen and oxygen atoms in total. The molecule has 0 aliphatic rings. The molecular weight excluding hydrogens is 286 g/mol. The van der Waals surface area contributed by atoms with Gasteiger partial charge in [-0.1, -0.05) is 23.7 Å². The molecule has 0 aliphatic heterocycles. The monoisotopic (exact) mass is 297 g/mol. The second-order valence-corrected chi connectivity index (χ2v) is 5.00. The van der Waals surface area contributed by atoms with Crippen LogP contribution >= 0.6 is 11.6 Å². The van der Waals surface area contributed by atoms with Crippen LogP contribution in [0.15, 0.2) is 54.9 Å². The van der Waals surface area contributed by atoms with Crippen LogP contribution in [0.1, 0.15) is 10.4 Å². The number of nitrogen functional groups attached to an aromatic ring is 1. The number of hydrogen-bond acceptors (Lipinski definition) is 3. The molecule has 0 atom stereocenters. The summed E-state index contributed by atoms with van der Waals surface area (Å²) in [6, 6.07) is 12.4. The molecule has 21 heavy (non-hydrogen) atoms. The Balaban J connectivity index is 1.97. The topological polar surface area (TPSA) is 68.0 Å². The third kappa shape index (κ3) is 2.66. The highest BCUT2D eigenvalue weighted by Gasteiger charge is 2.12. The number of amides is 1. The molecule has 1 aromatic heterocycles. The first-order chi connectivity index (χ1) is 10.1. The fourth-order valence-electron chi connectivity index (χ4n) is 2.13. The van der Waals surface area contributed by atoms with Gasteiger partial charge in [0, 0.05) is 23.5 Å². The van der Waals surface area contributed by atoms with Gasteiger partial charge < -0.3 is 11.1 Å². The number of hydrogen-bond donors (Lipinski definition) is 2. The van der Waals surface area contributed by atoms with Crippen molar-refractivity contribution < 1.29 is 4.79 Å². The van der Waals surface area contributed by atoms with Crippen molar-refractivity contribution in [3.05, 3.63) is 65.4 Å². The molecule has 0 unspecified atom stereocenters. The van der Waals surface area contributed by atoms with E-state index in [1.54, 1.807) is 30.6 Å². The van der Waals surface area contributed by atoms with Gasteiger partial charge in [0.05, 0.1) is 16.3 Å². The summed E-state index contributed by atoms with van der Waals surface area (Å²) in [5.74, 6) is -0.281. The Labute approximate surface area is 126 Å². The normalized spacial score (nSPS) is 10.5. The van der Waals surface area contributed by atoms with E-state index in [9.17, 15) is 4.79 Å². The van der Waals surface area contributed by atoms with Gasteiger partial charge in [0.15, 0.2) is 0 Å². The SMILES string of the molecule is Nc1ccc(C(=O)Nc2cccc3ccncc23)c(Cl)c1. The molecule has 0 fully saturated rings. The van der Waals surface area contributed by atoms with Crippen molar-refractivity contribution in [2.75, 3.05) is 11.1 Å². The van der Waals surface area contributed by atoms with Gasteiger partial charge in [-0.25, -0.2) is 0 Å². The zero-order chi connectivity index (χ0) is 14.8. The van der Waals surface area contributed by atoms with Crippen LogP contribution in [-0.2, 0) is 0 Å². The minimum Gasteiger partial charge on any atom is -0.399 e. The molecule has 3 rings (SSSR count). The zero-order valence-corrected chi connectivity index (χ0v) is 11.8. The lowest BCUT2D eigenvalue weighted by atomic mass is 10.1. The van der Waals surface area contributed by atoms with Crippen LogP contribution in [0.4, 0.5) is 11.4 Å². The van der Waals surface area contributed by atoms with E-state index in [2.05, 4.69) is 10.3 Å². The maximum Gasteiger partial charge on any atom is 0.257 e. The van der Waals surface area contributed by atoms with Gasteiger partial charge in [-0.15, -0.1) is 0 Å². The lowest BCUT2D eigenvalue weighted by Gasteiger charge is -2.09. The maximum absolute atomic E-state index is 12.3. The molecule has 3 aromatic rings. The summed E-state index contributed by atoms with van der Waals surface area (Å²) in [4.78, 5) is 16.4. The molecule has 0 saturated carbocycles. The summed E-state index contributed by atoms with van der Waals surface area (Å²) in [7, 11) is 0. The van der Waals surface area contributed by atoms with Crippen LogP contribution in [-0.4, -0.2) is 10.9 Å². The first-order valence-electron chi connectivity index (χ1n) is 6.34. The van der Waals surface area contributed by atoms with E-state index in [0.29, 0.717) is 22.0 Å². The van der Waals surface area contributed by atoms with Gasteiger partial charge in [0.1, 0.15) is 0 Å². The van der Waals surface area contributed by atoms with Crippen molar-refractivity contribution in [3.8, 4) is 0 Å². The number of benzene rings is 2. The Morgan fingerprint density at radius 2 is 2.05 bits per heavy atom. The van der Waals surface area contributed by atoms with Gasteiger partial charge in [0.25, 0.3) is 5.91 Å². The summed E-state index contributed by atoms with van der Waals surface area (Å²) in [5, 5.41) is 5.06. The average molecular weight is 298 g/mol. The Kier molecular flexibility index (Phi) is 3.46. The third-order valence-corrected chi connectivity index (χ3v) is 3.48. The number of halogens is 1. The highest BCUT2D eigenvalue weighted by molar-refractivity contribution is 6.34. The van der Waals surface area contributed by atoms with Gasteiger partial charge in [0.2, 0.25) is 0 Å². The Hall–Kier alpha value is -2.59. The molecule has 5 heteroatoms. The summed E-state index contributed by atoms with van der Waals surface area (Å²) in [5.41, 5.74) is 7.22. The Bertz CT molecular complexity index is 827. The Morgan fingerprint density at radius 3 is 2.86 bits per heavy atom. The van der Waals surface area contributed by atoms with E-state index in [4.69, 9.17) is 17.3 Å². The fraction of sp³-hybridized carbons (Fsp3) is 0. The van der Waals surface area contributed by atoms with Crippen LogP contribution in [0.2, 0.25) is 5.02 Å². The van der Waals surface area contributed by atoms with Crippen LogP contribution < -0.4 is 11.1 Å². The number of nitrogens with zero attached hydrogens (tertiary/aromatic N) is 1. The molecule has 3 N–H and O–H groups in total. The number of carbonyl (C=O) groups is 1. The largest absolute Gasteiger partial charge is 0.399 e. The second-order valence-electron chi connectivity index (χ2n) is 4.60. The van der Waals surface area contributed by atoms with E-state index in [-0.39, 0.29) is 5.91 Å². The minimum absolute atomic E-state index is 0.281. The smallest absolute Gasteiger partial charge is 0.257 e. The number of pyridine rings is 1. The van der Waals surface area contributed by atoms with Gasteiger partial charge in [-0.05, 0) is 35.7 Å². The number of nitrogens with one attached hydrogen (secondary N) is 1. The van der Waals surface area contributed by atoms with Crippen LogP contribution in [0.25, 0.3) is 10.8 Å². The molecule has 0 saturated heterocycles. The fourth-order valence-corrected chi connectivity index (χ4v) is 2.40. The molecule has 0 spiro atoms. The highest BCUT2D eigenvalue weighted by atomic mass is 35.5. The summed E-state index contributed by atoms with van der Waals surface area (Å²) < 4.78 is 0. The molecule has 0 radical (unpaired) electrons. The van der Waals surface area contributed by atoms with Crippen LogP contribution in [0.3, 0.4) is 0 Å². The first-order valence-corrected chi connectivity index (χ1v) is 6.72. The van der Waals surface area contributed by atoms with Crippen LogP contribution in [0.5, 0.6) is 0 Å². The predicted octanol–water partition coefficient (Wildman–Crippen LogP) is 3.72.